The quantitative estimate of drug-likeness (QED) is 0.523. The Bertz CT molecular complexity index is 649. The fourth-order valence-electron chi connectivity index (χ4n) is 1.92. The normalized spacial score (nSPS) is 11.7. The Morgan fingerprint density at radius 2 is 1.93 bits per heavy atom. The number of nitrogens with zero attached hydrogens (tertiary/aromatic N) is 2. The van der Waals surface area contributed by atoms with E-state index in [1.807, 2.05) is 6.92 Å². The highest BCUT2D eigenvalue weighted by atomic mass is 19.4. The molecule has 10 heteroatoms. The third-order valence-electron chi connectivity index (χ3n) is 3.29. The molecule has 1 aromatic rings. The summed E-state index contributed by atoms with van der Waals surface area (Å²) in [5, 5.41) is 5.93. The smallest absolute Gasteiger partial charge is 0.422 e. The first-order valence-electron chi connectivity index (χ1n) is 8.25. The highest BCUT2D eigenvalue weighted by molar-refractivity contribution is 5.86. The van der Waals surface area contributed by atoms with Crippen LogP contribution in [0.5, 0.6) is 11.5 Å². The molecule has 1 amide bonds. The Hall–Kier alpha value is -2.65. The maximum Gasteiger partial charge on any atom is 0.422 e. The van der Waals surface area contributed by atoms with Crippen molar-refractivity contribution in [2.24, 2.45) is 4.99 Å². The minimum Gasteiger partial charge on any atom is -0.493 e. The summed E-state index contributed by atoms with van der Waals surface area (Å²) in [6.07, 6.45) is -4.43. The van der Waals surface area contributed by atoms with Gasteiger partial charge >= 0.3 is 6.18 Å². The van der Waals surface area contributed by atoms with Crippen molar-refractivity contribution < 1.29 is 27.4 Å². The zero-order valence-electron chi connectivity index (χ0n) is 15.8. The molecule has 0 saturated carbocycles. The zero-order valence-corrected chi connectivity index (χ0v) is 15.8. The van der Waals surface area contributed by atoms with Crippen molar-refractivity contribution in [2.75, 3.05) is 40.9 Å². The van der Waals surface area contributed by atoms with Crippen molar-refractivity contribution in [3.05, 3.63) is 23.8 Å². The molecular formula is C17H25F3N4O3. The number of rotatable bonds is 8. The summed E-state index contributed by atoms with van der Waals surface area (Å²) in [6.45, 7) is 1.43. The number of ether oxygens (including phenoxy) is 2. The van der Waals surface area contributed by atoms with E-state index in [9.17, 15) is 18.0 Å². The van der Waals surface area contributed by atoms with E-state index in [0.717, 1.165) is 0 Å². The number of aliphatic imine (C=N–C) groups is 1. The van der Waals surface area contributed by atoms with E-state index in [-0.39, 0.29) is 30.5 Å². The van der Waals surface area contributed by atoms with Gasteiger partial charge in [-0.05, 0) is 24.6 Å². The van der Waals surface area contributed by atoms with Crippen molar-refractivity contribution in [1.82, 2.24) is 15.5 Å². The number of likely N-dealkylation sites (N-methyl/N-ethyl adjacent to an activating group) is 1. The Morgan fingerprint density at radius 1 is 1.22 bits per heavy atom. The minimum absolute atomic E-state index is 0.00386. The van der Waals surface area contributed by atoms with Gasteiger partial charge < -0.3 is 25.0 Å². The van der Waals surface area contributed by atoms with Crippen molar-refractivity contribution >= 4 is 11.9 Å². The highest BCUT2D eigenvalue weighted by Crippen LogP contribution is 2.30. The summed E-state index contributed by atoms with van der Waals surface area (Å²) >= 11 is 0. The predicted molar refractivity (Wildman–Crippen MR) is 96.1 cm³/mol. The highest BCUT2D eigenvalue weighted by Gasteiger charge is 2.29. The molecule has 0 aromatic heterocycles. The van der Waals surface area contributed by atoms with Crippen molar-refractivity contribution in [3.63, 3.8) is 0 Å². The summed E-state index contributed by atoms with van der Waals surface area (Å²) in [5.74, 6) is 0.536. The van der Waals surface area contributed by atoms with E-state index in [1.54, 1.807) is 26.2 Å². The van der Waals surface area contributed by atoms with E-state index in [0.29, 0.717) is 18.1 Å². The predicted octanol–water partition coefficient (Wildman–Crippen LogP) is 1.78. The number of carbonyl (C=O) groups is 1. The lowest BCUT2D eigenvalue weighted by atomic mass is 10.2. The number of carbonyl (C=O) groups excluding carboxylic acids is 1. The molecular weight excluding hydrogens is 365 g/mol. The summed E-state index contributed by atoms with van der Waals surface area (Å²) in [6, 6.07) is 4.57. The topological polar surface area (TPSA) is 75.2 Å². The average molecular weight is 390 g/mol. The molecule has 0 aliphatic rings. The monoisotopic (exact) mass is 390 g/mol. The number of halogens is 3. The molecule has 1 rings (SSSR count). The van der Waals surface area contributed by atoms with Gasteiger partial charge in [0.05, 0.1) is 20.2 Å². The fraction of sp³-hybridized carbons (Fsp3) is 0.529. The van der Waals surface area contributed by atoms with Gasteiger partial charge in [0.1, 0.15) is 0 Å². The first-order chi connectivity index (χ1) is 12.7. The Morgan fingerprint density at radius 3 is 2.48 bits per heavy atom. The number of hydrogen-bond acceptors (Lipinski definition) is 4. The standard InChI is InChI=1S/C17H25F3N4O3/c1-5-21-16(23-10-15(25)24(2)3)22-9-12-6-7-13(14(8-12)26-4)27-11-17(18,19)20/h6-8H,5,9-11H2,1-4H3,(H2,21,22,23). The molecule has 0 aliphatic heterocycles. The van der Waals surface area contributed by atoms with Crippen LogP contribution in [-0.2, 0) is 11.3 Å². The summed E-state index contributed by atoms with van der Waals surface area (Å²) in [7, 11) is 4.66. The van der Waals surface area contributed by atoms with Crippen LogP contribution in [0.2, 0.25) is 0 Å². The largest absolute Gasteiger partial charge is 0.493 e. The van der Waals surface area contributed by atoms with Gasteiger partial charge in [0, 0.05) is 20.6 Å². The summed E-state index contributed by atoms with van der Waals surface area (Å²) in [5.41, 5.74) is 0.711. The van der Waals surface area contributed by atoms with E-state index < -0.39 is 12.8 Å². The third-order valence-corrected chi connectivity index (χ3v) is 3.29. The van der Waals surface area contributed by atoms with E-state index in [1.165, 1.54) is 18.1 Å². The molecule has 1 aromatic carbocycles. The Kier molecular flexibility index (Phi) is 8.70. The van der Waals surface area contributed by atoms with Crippen molar-refractivity contribution in [1.29, 1.82) is 0 Å². The second kappa shape index (κ2) is 10.5. The molecule has 0 atom stereocenters. The van der Waals surface area contributed by atoms with Gasteiger partial charge in [0.15, 0.2) is 24.1 Å². The van der Waals surface area contributed by atoms with Gasteiger partial charge in [-0.2, -0.15) is 13.2 Å². The molecule has 0 spiro atoms. The Balaban J connectivity index is 2.79. The van der Waals surface area contributed by atoms with Crippen LogP contribution >= 0.6 is 0 Å². The molecule has 7 nitrogen and oxygen atoms in total. The molecule has 27 heavy (non-hydrogen) atoms. The van der Waals surface area contributed by atoms with Crippen LogP contribution < -0.4 is 20.1 Å². The number of amides is 1. The van der Waals surface area contributed by atoms with E-state index in [2.05, 4.69) is 15.6 Å². The van der Waals surface area contributed by atoms with Crippen LogP contribution in [0.15, 0.2) is 23.2 Å². The maximum absolute atomic E-state index is 12.3. The number of methoxy groups -OCH3 is 1. The van der Waals surface area contributed by atoms with Crippen molar-refractivity contribution in [2.45, 2.75) is 19.6 Å². The molecule has 0 unspecified atom stereocenters. The lowest BCUT2D eigenvalue weighted by molar-refractivity contribution is -0.153. The molecule has 0 bridgehead atoms. The fourth-order valence-corrected chi connectivity index (χ4v) is 1.92. The molecule has 152 valence electrons. The van der Waals surface area contributed by atoms with E-state index >= 15 is 0 Å². The number of guanidine groups is 1. The van der Waals surface area contributed by atoms with Crippen LogP contribution in [0, 0.1) is 0 Å². The SMILES string of the molecule is CCNC(=NCc1ccc(OCC(F)(F)F)c(OC)c1)NCC(=O)N(C)C. The van der Waals surface area contributed by atoms with Gasteiger partial charge in [0.25, 0.3) is 0 Å². The molecule has 0 radical (unpaired) electrons. The molecule has 0 fully saturated rings. The number of hydrogen-bond donors (Lipinski definition) is 2. The van der Waals surface area contributed by atoms with Gasteiger partial charge in [-0.25, -0.2) is 4.99 Å². The van der Waals surface area contributed by atoms with Gasteiger partial charge in [-0.3, -0.25) is 4.79 Å². The van der Waals surface area contributed by atoms with Crippen molar-refractivity contribution in [3.8, 4) is 11.5 Å². The molecule has 0 heterocycles. The van der Waals surface area contributed by atoms with Gasteiger partial charge in [0.2, 0.25) is 5.91 Å². The number of nitrogens with one attached hydrogen (secondary N) is 2. The summed E-state index contributed by atoms with van der Waals surface area (Å²) < 4.78 is 46.7. The number of alkyl halides is 3. The second-order valence-electron chi connectivity index (χ2n) is 5.73. The molecule has 0 aliphatic carbocycles. The molecule has 2 N–H and O–H groups in total. The van der Waals surface area contributed by atoms with Gasteiger partial charge in [-0.1, -0.05) is 6.07 Å². The number of benzene rings is 1. The van der Waals surface area contributed by atoms with E-state index in [4.69, 9.17) is 9.47 Å². The van der Waals surface area contributed by atoms with Crippen LogP contribution in [0.25, 0.3) is 0 Å². The van der Waals surface area contributed by atoms with Crippen LogP contribution in [0.4, 0.5) is 13.2 Å². The minimum atomic E-state index is -4.43. The average Bonchev–Trinajstić information content (AvgIpc) is 2.61. The lowest BCUT2D eigenvalue weighted by Gasteiger charge is -2.15. The second-order valence-corrected chi connectivity index (χ2v) is 5.73. The van der Waals surface area contributed by atoms with Crippen LogP contribution in [-0.4, -0.2) is 63.8 Å². The lowest BCUT2D eigenvalue weighted by Crippen LogP contribution is -2.42. The maximum atomic E-state index is 12.3. The third kappa shape index (κ3) is 8.52. The zero-order chi connectivity index (χ0) is 20.4. The van der Waals surface area contributed by atoms with Crippen LogP contribution in [0.1, 0.15) is 12.5 Å². The summed E-state index contributed by atoms with van der Waals surface area (Å²) in [4.78, 5) is 17.5. The molecule has 0 saturated heterocycles. The van der Waals surface area contributed by atoms with Crippen LogP contribution in [0.3, 0.4) is 0 Å². The first kappa shape index (κ1) is 22.4. The van der Waals surface area contributed by atoms with Gasteiger partial charge in [-0.15, -0.1) is 0 Å². The Labute approximate surface area is 156 Å². The first-order valence-corrected chi connectivity index (χ1v) is 8.25.